The van der Waals surface area contributed by atoms with E-state index in [-0.39, 0.29) is 24.9 Å². The Morgan fingerprint density at radius 2 is 1.35 bits per heavy atom. The van der Waals surface area contributed by atoms with Crippen LogP contribution in [-0.2, 0) is 4.79 Å². The maximum Gasteiger partial charge on any atom is 0.245 e. The summed E-state index contributed by atoms with van der Waals surface area (Å²) in [6.45, 7) is 0.408. The zero-order chi connectivity index (χ0) is 31.8. The Morgan fingerprint density at radius 1 is 0.783 bits per heavy atom. The Balaban J connectivity index is 1.05. The van der Waals surface area contributed by atoms with Crippen LogP contribution in [-0.4, -0.2) is 75.2 Å². The number of alkyl halides is 2. The smallest absolute Gasteiger partial charge is 0.245 e. The fourth-order valence-corrected chi connectivity index (χ4v) is 6.64. The van der Waals surface area contributed by atoms with Gasteiger partial charge in [-0.25, -0.2) is 18.7 Å². The summed E-state index contributed by atoms with van der Waals surface area (Å²) in [4.78, 5) is 33.1. The van der Waals surface area contributed by atoms with Crippen LogP contribution in [0.4, 0.5) is 8.78 Å². The third kappa shape index (κ3) is 5.98. The number of likely N-dealkylation sites (N-methyl/N-ethyl adjacent to an activating group) is 1. The number of hydrogen-bond donors (Lipinski definition) is 3. The van der Waals surface area contributed by atoms with E-state index >= 15 is 0 Å². The van der Waals surface area contributed by atoms with Crippen molar-refractivity contribution in [1.29, 1.82) is 0 Å². The van der Waals surface area contributed by atoms with Gasteiger partial charge in [0.15, 0.2) is 0 Å². The predicted octanol–water partition coefficient (Wildman–Crippen LogP) is 6.42. The van der Waals surface area contributed by atoms with Gasteiger partial charge in [0.25, 0.3) is 0 Å². The molecule has 3 aromatic carbocycles. The Labute approximate surface area is 266 Å². The van der Waals surface area contributed by atoms with E-state index in [0.29, 0.717) is 18.8 Å². The highest BCUT2D eigenvalue weighted by molar-refractivity contribution is 5.84. The van der Waals surface area contributed by atoms with Gasteiger partial charge in [-0.3, -0.25) is 9.69 Å². The number of benzene rings is 3. The second kappa shape index (κ2) is 12.6. The molecule has 0 spiro atoms. The first-order chi connectivity index (χ1) is 22.3. The zero-order valence-corrected chi connectivity index (χ0v) is 25.8. The van der Waals surface area contributed by atoms with Gasteiger partial charge < -0.3 is 20.2 Å². The van der Waals surface area contributed by atoms with E-state index in [4.69, 9.17) is 0 Å². The van der Waals surface area contributed by atoms with Crippen molar-refractivity contribution < 1.29 is 13.6 Å². The van der Waals surface area contributed by atoms with E-state index in [1.807, 2.05) is 73.6 Å². The number of H-pyrrole nitrogens is 2. The first kappa shape index (κ1) is 30.0. The summed E-state index contributed by atoms with van der Waals surface area (Å²) < 4.78 is 28.4. The maximum atomic E-state index is 14.8. The molecule has 236 valence electrons. The van der Waals surface area contributed by atoms with Gasteiger partial charge in [-0.2, -0.15) is 0 Å². The largest absolute Gasteiger partial charge is 0.341 e. The van der Waals surface area contributed by atoms with Crippen LogP contribution in [0.1, 0.15) is 48.2 Å². The van der Waals surface area contributed by atoms with Gasteiger partial charge in [-0.05, 0) is 41.9 Å². The second-order valence-electron chi connectivity index (χ2n) is 12.4. The molecule has 0 saturated carbocycles. The third-order valence-corrected chi connectivity index (χ3v) is 9.04. The molecule has 5 atom stereocenters. The molecule has 0 aliphatic carbocycles. The molecule has 3 N–H and O–H groups in total. The van der Waals surface area contributed by atoms with Gasteiger partial charge in [0.05, 0.1) is 42.4 Å². The average molecular weight is 622 g/mol. The molecule has 4 heterocycles. The fraction of sp³-hybridized carbons (Fsp3) is 0.306. The van der Waals surface area contributed by atoms with Gasteiger partial charge >= 0.3 is 0 Å². The Hall–Kier alpha value is -4.67. The Bertz CT molecular complexity index is 1790. The summed E-state index contributed by atoms with van der Waals surface area (Å²) in [5.74, 6) is 1.21. The van der Waals surface area contributed by atoms with Crippen LogP contribution < -0.4 is 5.32 Å². The summed E-state index contributed by atoms with van der Waals surface area (Å²) in [5, 5.41) is 3.16. The summed E-state index contributed by atoms with van der Waals surface area (Å²) >= 11 is 0. The third-order valence-electron chi connectivity index (χ3n) is 9.04. The van der Waals surface area contributed by atoms with Crippen molar-refractivity contribution in [3.63, 3.8) is 0 Å². The molecule has 2 aromatic heterocycles. The minimum atomic E-state index is -1.12. The van der Waals surface area contributed by atoms with E-state index < -0.39 is 24.4 Å². The van der Waals surface area contributed by atoms with Crippen LogP contribution in [0.5, 0.6) is 0 Å². The standard InChI is InChI=1S/C36H37F2N7O/c1-44(2)33(26-6-4-3-5-7-26)36(46)45-21-28(38)17-32(45)35-41-20-31(43-35)25-14-10-23(11-15-25)22-8-12-24(13-9-22)30-19-40-34(42-30)29-16-27(37)18-39-29/h3-15,19-20,27-29,32-33,39H,16-18,21H2,1-2H3,(H,40,42)(H,41,43)/t27-,28-,29-,32-,33+/m0/s1. The molecule has 0 unspecified atom stereocenters. The number of halogens is 2. The summed E-state index contributed by atoms with van der Waals surface area (Å²) in [5.41, 5.74) is 6.67. The number of imidazole rings is 2. The van der Waals surface area contributed by atoms with Gasteiger partial charge in [-0.1, -0.05) is 78.9 Å². The molecule has 2 saturated heterocycles. The number of aromatic nitrogens is 4. The monoisotopic (exact) mass is 621 g/mol. The van der Waals surface area contributed by atoms with E-state index in [1.54, 1.807) is 17.3 Å². The van der Waals surface area contributed by atoms with Crippen molar-refractivity contribution >= 4 is 5.91 Å². The second-order valence-corrected chi connectivity index (χ2v) is 12.4. The maximum absolute atomic E-state index is 14.8. The molecule has 5 aromatic rings. The quantitative estimate of drug-likeness (QED) is 0.186. The number of nitrogens with zero attached hydrogens (tertiary/aromatic N) is 4. The van der Waals surface area contributed by atoms with Crippen LogP contribution in [0.3, 0.4) is 0 Å². The molecule has 2 fully saturated rings. The number of carbonyl (C=O) groups excluding carboxylic acids is 1. The lowest BCUT2D eigenvalue weighted by atomic mass is 10.0. The van der Waals surface area contributed by atoms with Crippen LogP contribution in [0.25, 0.3) is 33.6 Å². The lowest BCUT2D eigenvalue weighted by molar-refractivity contribution is -0.137. The van der Waals surface area contributed by atoms with Crippen molar-refractivity contribution in [2.75, 3.05) is 27.2 Å². The number of amides is 1. The summed E-state index contributed by atoms with van der Waals surface area (Å²) in [7, 11) is 3.73. The minimum Gasteiger partial charge on any atom is -0.341 e. The van der Waals surface area contributed by atoms with Crippen molar-refractivity contribution in [3.8, 4) is 33.6 Å². The molecule has 2 aliphatic rings. The molecule has 1 amide bonds. The number of rotatable bonds is 8. The van der Waals surface area contributed by atoms with E-state index in [9.17, 15) is 13.6 Å². The number of likely N-dealkylation sites (tertiary alicyclic amines) is 1. The van der Waals surface area contributed by atoms with Crippen molar-refractivity contribution in [2.45, 2.75) is 43.3 Å². The number of hydrogen-bond acceptors (Lipinski definition) is 5. The lowest BCUT2D eigenvalue weighted by Gasteiger charge is -2.31. The molecule has 8 nitrogen and oxygen atoms in total. The summed E-state index contributed by atoms with van der Waals surface area (Å²) in [6, 6.07) is 24.9. The molecule has 0 bridgehead atoms. The molecule has 0 radical (unpaired) electrons. The van der Waals surface area contributed by atoms with Gasteiger partial charge in [-0.15, -0.1) is 0 Å². The van der Waals surface area contributed by atoms with E-state index in [2.05, 4.69) is 49.5 Å². The predicted molar refractivity (Wildman–Crippen MR) is 174 cm³/mol. The Morgan fingerprint density at radius 3 is 1.91 bits per heavy atom. The van der Waals surface area contributed by atoms with Crippen LogP contribution in [0.2, 0.25) is 0 Å². The topological polar surface area (TPSA) is 92.9 Å². The van der Waals surface area contributed by atoms with Gasteiger partial charge in [0, 0.05) is 19.4 Å². The SMILES string of the molecule is CN(C)[C@@H](C(=O)N1C[C@@H](F)C[C@H]1c1ncc(-c2ccc(-c3ccc(-c4cnc([C@@H]5C[C@H](F)CN5)[nH]4)cc3)cc2)[nH]1)c1ccccc1. The molecule has 7 rings (SSSR count). The highest BCUT2D eigenvalue weighted by Crippen LogP contribution is 2.36. The van der Waals surface area contributed by atoms with Crippen LogP contribution >= 0.6 is 0 Å². The summed E-state index contributed by atoms with van der Waals surface area (Å²) in [6.07, 6.45) is 2.24. The molecule has 46 heavy (non-hydrogen) atoms. The molecule has 2 aliphatic heterocycles. The zero-order valence-electron chi connectivity index (χ0n) is 25.8. The van der Waals surface area contributed by atoms with Crippen LogP contribution in [0, 0.1) is 0 Å². The van der Waals surface area contributed by atoms with Crippen molar-refractivity contribution in [2.24, 2.45) is 0 Å². The minimum absolute atomic E-state index is 0.0447. The lowest BCUT2D eigenvalue weighted by Crippen LogP contribution is -2.40. The normalized spacial score (nSPS) is 22.1. The highest BCUT2D eigenvalue weighted by Gasteiger charge is 2.41. The van der Waals surface area contributed by atoms with E-state index in [1.165, 1.54) is 0 Å². The Kier molecular flexibility index (Phi) is 8.23. The van der Waals surface area contributed by atoms with E-state index in [0.717, 1.165) is 45.0 Å². The molecular formula is C36H37F2N7O. The first-order valence-electron chi connectivity index (χ1n) is 15.7. The van der Waals surface area contributed by atoms with Gasteiger partial charge in [0.1, 0.15) is 30.0 Å². The molecule has 10 heteroatoms. The average Bonchev–Trinajstić information content (AvgIpc) is 3.89. The van der Waals surface area contributed by atoms with Crippen molar-refractivity contribution in [3.05, 3.63) is 108 Å². The highest BCUT2D eigenvalue weighted by atomic mass is 19.1. The molecular weight excluding hydrogens is 584 g/mol. The fourth-order valence-electron chi connectivity index (χ4n) is 6.64. The first-order valence-corrected chi connectivity index (χ1v) is 15.7. The number of carbonyl (C=O) groups is 1. The number of aromatic amines is 2. The number of nitrogens with one attached hydrogen (secondary N) is 3. The van der Waals surface area contributed by atoms with Crippen LogP contribution in [0.15, 0.2) is 91.3 Å². The van der Waals surface area contributed by atoms with Crippen molar-refractivity contribution in [1.82, 2.24) is 35.1 Å². The van der Waals surface area contributed by atoms with Gasteiger partial charge in [0.2, 0.25) is 5.91 Å².